The molecule has 134 valence electrons. The molecule has 1 aliphatic carbocycles. The van der Waals surface area contributed by atoms with Crippen LogP contribution < -0.4 is 0 Å². The average molecular weight is 361 g/mol. The van der Waals surface area contributed by atoms with Gasteiger partial charge in [-0.1, -0.05) is 24.5 Å². The van der Waals surface area contributed by atoms with Gasteiger partial charge >= 0.3 is 5.97 Å². The van der Waals surface area contributed by atoms with Crippen LogP contribution in [0, 0.1) is 5.92 Å². The van der Waals surface area contributed by atoms with Gasteiger partial charge in [-0.2, -0.15) is 11.3 Å². The molecule has 0 radical (unpaired) electrons. The molecule has 1 aliphatic rings. The predicted octanol–water partition coefficient (Wildman–Crippen LogP) is 3.92. The van der Waals surface area contributed by atoms with Crippen molar-refractivity contribution in [3.8, 4) is 0 Å². The van der Waals surface area contributed by atoms with Crippen LogP contribution in [0.15, 0.2) is 23.0 Å². The van der Waals surface area contributed by atoms with Gasteiger partial charge in [0.25, 0.3) is 0 Å². The fourth-order valence-electron chi connectivity index (χ4n) is 3.55. The van der Waals surface area contributed by atoms with E-state index in [2.05, 4.69) is 10.3 Å². The lowest BCUT2D eigenvalue weighted by Crippen LogP contribution is -2.20. The third-order valence-corrected chi connectivity index (χ3v) is 5.81. The number of carbonyl (C=O) groups is 2. The van der Waals surface area contributed by atoms with Gasteiger partial charge in [0, 0.05) is 29.5 Å². The Labute approximate surface area is 150 Å². The molecule has 1 fully saturated rings. The molecule has 2 aromatic heterocycles. The summed E-state index contributed by atoms with van der Waals surface area (Å²) in [6, 6.07) is 1.09. The number of carbonyl (C=O) groups excluding carboxylic acids is 1. The minimum absolute atomic E-state index is 0.00226. The maximum absolute atomic E-state index is 12.6. The lowest BCUT2D eigenvalue weighted by molar-refractivity contribution is -0.140. The summed E-state index contributed by atoms with van der Waals surface area (Å²) in [6.07, 6.45) is 7.87. The smallest absolute Gasteiger partial charge is 0.328 e. The highest BCUT2D eigenvalue weighted by molar-refractivity contribution is 7.08. The van der Waals surface area contributed by atoms with Crippen molar-refractivity contribution in [1.82, 2.24) is 15.0 Å². The lowest BCUT2D eigenvalue weighted by atomic mass is 9.76. The fraction of sp³-hybridized carbons (Fsp3) is 0.556. The highest BCUT2D eigenvalue weighted by atomic mass is 32.1. The number of nitrogens with zero attached hydrogens (tertiary/aromatic N) is 3. The fourth-order valence-corrected chi connectivity index (χ4v) is 4.21. The molecule has 7 heteroatoms. The quantitative estimate of drug-likeness (QED) is 0.756. The number of hydrogen-bond donors (Lipinski definition) is 1. The van der Waals surface area contributed by atoms with Crippen molar-refractivity contribution in [2.75, 3.05) is 0 Å². The molecule has 2 aromatic rings. The van der Waals surface area contributed by atoms with E-state index in [1.807, 2.05) is 16.8 Å². The molecule has 0 spiro atoms. The summed E-state index contributed by atoms with van der Waals surface area (Å²) < 4.78 is 1.38. The second-order valence-electron chi connectivity index (χ2n) is 6.78. The summed E-state index contributed by atoms with van der Waals surface area (Å²) >= 11 is 1.52. The van der Waals surface area contributed by atoms with Gasteiger partial charge in [0.1, 0.15) is 6.04 Å². The summed E-state index contributed by atoms with van der Waals surface area (Å²) in [5.74, 6) is -0.415. The van der Waals surface area contributed by atoms with Crippen molar-refractivity contribution in [1.29, 1.82) is 0 Å². The first kappa shape index (κ1) is 17.8. The Morgan fingerprint density at radius 3 is 2.76 bits per heavy atom. The maximum atomic E-state index is 12.6. The van der Waals surface area contributed by atoms with E-state index in [1.54, 1.807) is 13.1 Å². The molecule has 0 amide bonds. The first-order chi connectivity index (χ1) is 12.1. The van der Waals surface area contributed by atoms with Gasteiger partial charge < -0.3 is 5.11 Å². The first-order valence-electron chi connectivity index (χ1n) is 8.76. The summed E-state index contributed by atoms with van der Waals surface area (Å²) in [6.45, 7) is 1.58. The number of aromatic nitrogens is 3. The topological polar surface area (TPSA) is 85.1 Å². The second-order valence-corrected chi connectivity index (χ2v) is 7.56. The van der Waals surface area contributed by atoms with Gasteiger partial charge in [0.05, 0.1) is 5.69 Å². The zero-order valence-electron chi connectivity index (χ0n) is 14.3. The van der Waals surface area contributed by atoms with Gasteiger partial charge in [-0.15, -0.1) is 5.10 Å². The summed E-state index contributed by atoms with van der Waals surface area (Å²) in [7, 11) is 0. The number of thiophene rings is 1. The highest BCUT2D eigenvalue weighted by Gasteiger charge is 2.30. The molecule has 1 N–H and O–H groups in total. The van der Waals surface area contributed by atoms with Crippen LogP contribution in [0.1, 0.15) is 73.5 Å². The van der Waals surface area contributed by atoms with E-state index >= 15 is 0 Å². The molecule has 2 atom stereocenters. The van der Waals surface area contributed by atoms with Crippen molar-refractivity contribution < 1.29 is 14.7 Å². The van der Waals surface area contributed by atoms with Crippen LogP contribution in [-0.2, 0) is 4.79 Å². The van der Waals surface area contributed by atoms with E-state index in [0.717, 1.165) is 24.1 Å². The third-order valence-electron chi connectivity index (χ3n) is 5.13. The Morgan fingerprint density at radius 1 is 1.36 bits per heavy atom. The number of carboxylic acid groups (broad SMARTS) is 1. The zero-order valence-corrected chi connectivity index (χ0v) is 15.1. The van der Waals surface area contributed by atoms with Crippen LogP contribution in [0.2, 0.25) is 0 Å². The van der Waals surface area contributed by atoms with Crippen LogP contribution in [0.25, 0.3) is 0 Å². The van der Waals surface area contributed by atoms with Crippen LogP contribution in [0.3, 0.4) is 0 Å². The molecule has 6 nitrogen and oxygen atoms in total. The molecule has 25 heavy (non-hydrogen) atoms. The Balaban J connectivity index is 1.83. The monoisotopic (exact) mass is 361 g/mol. The van der Waals surface area contributed by atoms with Crippen molar-refractivity contribution in [3.05, 3.63) is 34.3 Å². The standard InChI is InChI=1S/C18H23N3O3S/c1-12(18(23)24)21-10-16(19-20-21)15(13-5-3-2-4-6-13)9-17(22)14-7-8-25-11-14/h7-8,10-13,15H,2-6,9H2,1H3,(H,23,24)/t12-,15+/m1/s1. The molecule has 0 aromatic carbocycles. The summed E-state index contributed by atoms with van der Waals surface area (Å²) in [5, 5.41) is 21.2. The second kappa shape index (κ2) is 7.91. The van der Waals surface area contributed by atoms with E-state index in [-0.39, 0.29) is 11.7 Å². The van der Waals surface area contributed by atoms with Gasteiger partial charge in [0.15, 0.2) is 5.78 Å². The first-order valence-corrected chi connectivity index (χ1v) is 9.70. The molecule has 0 aliphatic heterocycles. The summed E-state index contributed by atoms with van der Waals surface area (Å²) in [5.41, 5.74) is 1.49. The van der Waals surface area contributed by atoms with Crippen LogP contribution in [-0.4, -0.2) is 31.9 Å². The van der Waals surface area contributed by atoms with Gasteiger partial charge in [-0.3, -0.25) is 4.79 Å². The highest BCUT2D eigenvalue weighted by Crippen LogP contribution is 2.38. The summed E-state index contributed by atoms with van der Waals surface area (Å²) in [4.78, 5) is 23.8. The number of Topliss-reactive ketones (excluding diaryl/α,β-unsaturated/α-hetero) is 1. The molecule has 0 bridgehead atoms. The number of aliphatic carboxylic acids is 1. The van der Waals surface area contributed by atoms with Crippen molar-refractivity contribution in [3.63, 3.8) is 0 Å². The van der Waals surface area contributed by atoms with Crippen LogP contribution in [0.5, 0.6) is 0 Å². The maximum Gasteiger partial charge on any atom is 0.328 e. The Morgan fingerprint density at radius 2 is 2.12 bits per heavy atom. The van der Waals surface area contributed by atoms with Crippen LogP contribution in [0.4, 0.5) is 0 Å². The lowest BCUT2D eigenvalue weighted by Gasteiger charge is -2.28. The van der Waals surface area contributed by atoms with E-state index in [4.69, 9.17) is 5.11 Å². The van der Waals surface area contributed by atoms with Gasteiger partial charge in [-0.25, -0.2) is 9.48 Å². The number of hydrogen-bond acceptors (Lipinski definition) is 5. The Bertz CT molecular complexity index is 720. The molecular weight excluding hydrogens is 338 g/mol. The number of carboxylic acids is 1. The molecule has 0 unspecified atom stereocenters. The Hall–Kier alpha value is -2.02. The molecule has 3 rings (SSSR count). The van der Waals surface area contributed by atoms with E-state index < -0.39 is 12.0 Å². The largest absolute Gasteiger partial charge is 0.480 e. The predicted molar refractivity (Wildman–Crippen MR) is 95.0 cm³/mol. The minimum Gasteiger partial charge on any atom is -0.480 e. The average Bonchev–Trinajstić information content (AvgIpc) is 3.31. The third kappa shape index (κ3) is 4.15. The van der Waals surface area contributed by atoms with Crippen LogP contribution >= 0.6 is 11.3 Å². The van der Waals surface area contributed by atoms with E-state index in [9.17, 15) is 9.59 Å². The van der Waals surface area contributed by atoms with Crippen molar-refractivity contribution in [2.24, 2.45) is 5.92 Å². The minimum atomic E-state index is -0.944. The SMILES string of the molecule is C[C@H](C(=O)O)n1cc([C@@H](CC(=O)c2ccsc2)C2CCCCC2)nn1. The zero-order chi connectivity index (χ0) is 17.8. The van der Waals surface area contributed by atoms with E-state index in [1.165, 1.54) is 35.3 Å². The normalized spacial score (nSPS) is 18.0. The molecule has 1 saturated carbocycles. The van der Waals surface area contributed by atoms with Crippen molar-refractivity contribution >= 4 is 23.1 Å². The molecule has 0 saturated heterocycles. The number of rotatable bonds is 7. The van der Waals surface area contributed by atoms with Gasteiger partial charge in [-0.05, 0) is 37.1 Å². The Kier molecular flexibility index (Phi) is 5.63. The molecule has 2 heterocycles. The van der Waals surface area contributed by atoms with Crippen molar-refractivity contribution in [2.45, 2.75) is 57.4 Å². The van der Waals surface area contributed by atoms with E-state index in [0.29, 0.717) is 12.3 Å². The number of ketones is 1. The van der Waals surface area contributed by atoms with Gasteiger partial charge in [0.2, 0.25) is 0 Å². The molecular formula is C18H23N3O3S.